The Labute approximate surface area is 116 Å². The van der Waals surface area contributed by atoms with Gasteiger partial charge in [-0.2, -0.15) is 11.8 Å². The standard InChI is InChI=1S/C13H19BrFNS/c1-3-16-13(4-5-17-2)8-10-6-11(14)9-12(15)7-10/h6-7,9,13,16H,3-5,8H2,1-2H3. The summed E-state index contributed by atoms with van der Waals surface area (Å²) in [5, 5.41) is 3.45. The summed E-state index contributed by atoms with van der Waals surface area (Å²) in [5.41, 5.74) is 1.05. The molecule has 0 radical (unpaired) electrons. The highest BCUT2D eigenvalue weighted by Crippen LogP contribution is 2.17. The Hall–Kier alpha value is -0.0600. The number of likely N-dealkylation sites (N-methyl/N-ethyl adjacent to an activating group) is 1. The summed E-state index contributed by atoms with van der Waals surface area (Å²) in [5.74, 6) is 0.961. The van der Waals surface area contributed by atoms with Gasteiger partial charge in [-0.25, -0.2) is 4.39 Å². The van der Waals surface area contributed by atoms with Crippen LogP contribution in [0, 0.1) is 5.82 Å². The van der Waals surface area contributed by atoms with Gasteiger partial charge in [0.2, 0.25) is 0 Å². The van der Waals surface area contributed by atoms with Gasteiger partial charge in [-0.3, -0.25) is 0 Å². The highest BCUT2D eigenvalue weighted by Gasteiger charge is 2.09. The van der Waals surface area contributed by atoms with Crippen molar-refractivity contribution >= 4 is 27.7 Å². The first-order valence-corrected chi connectivity index (χ1v) is 8.01. The van der Waals surface area contributed by atoms with Crippen LogP contribution >= 0.6 is 27.7 Å². The molecule has 0 fully saturated rings. The van der Waals surface area contributed by atoms with E-state index in [1.54, 1.807) is 6.07 Å². The Balaban J connectivity index is 2.63. The Kier molecular flexibility index (Phi) is 7.16. The highest BCUT2D eigenvalue weighted by atomic mass is 79.9. The predicted molar refractivity (Wildman–Crippen MR) is 78.3 cm³/mol. The van der Waals surface area contributed by atoms with E-state index in [0.29, 0.717) is 6.04 Å². The second kappa shape index (κ2) is 8.11. The van der Waals surface area contributed by atoms with E-state index < -0.39 is 0 Å². The van der Waals surface area contributed by atoms with Crippen molar-refractivity contribution in [2.75, 3.05) is 18.6 Å². The highest BCUT2D eigenvalue weighted by molar-refractivity contribution is 9.10. The molecule has 1 unspecified atom stereocenters. The fraction of sp³-hybridized carbons (Fsp3) is 0.538. The molecular formula is C13H19BrFNS. The van der Waals surface area contributed by atoms with E-state index in [0.717, 1.165) is 35.2 Å². The second-order valence-corrected chi connectivity index (χ2v) is 5.92. The van der Waals surface area contributed by atoms with Crippen LogP contribution in [0.4, 0.5) is 4.39 Å². The first-order chi connectivity index (χ1) is 8.15. The predicted octanol–water partition coefficient (Wildman–Crippen LogP) is 3.86. The summed E-state index contributed by atoms with van der Waals surface area (Å²) in [7, 11) is 0. The molecule has 1 aromatic carbocycles. The van der Waals surface area contributed by atoms with Crippen molar-refractivity contribution in [2.45, 2.75) is 25.8 Å². The Bertz CT molecular complexity index is 326. The van der Waals surface area contributed by atoms with Crippen LogP contribution in [0.1, 0.15) is 18.9 Å². The maximum absolute atomic E-state index is 13.3. The zero-order valence-corrected chi connectivity index (χ0v) is 12.7. The van der Waals surface area contributed by atoms with E-state index in [2.05, 4.69) is 34.4 Å². The molecule has 0 aliphatic carbocycles. The van der Waals surface area contributed by atoms with Gasteiger partial charge in [-0.15, -0.1) is 0 Å². The Morgan fingerprint density at radius 3 is 2.76 bits per heavy atom. The van der Waals surface area contributed by atoms with Crippen LogP contribution < -0.4 is 5.32 Å². The first-order valence-electron chi connectivity index (χ1n) is 5.83. The van der Waals surface area contributed by atoms with E-state index in [4.69, 9.17) is 0 Å². The molecule has 0 amide bonds. The van der Waals surface area contributed by atoms with Gasteiger partial charge in [0.1, 0.15) is 5.82 Å². The van der Waals surface area contributed by atoms with Crippen LogP contribution in [-0.2, 0) is 6.42 Å². The summed E-state index contributed by atoms with van der Waals surface area (Å²) in [6.45, 7) is 3.06. The lowest BCUT2D eigenvalue weighted by Crippen LogP contribution is -2.31. The third-order valence-electron chi connectivity index (χ3n) is 2.57. The summed E-state index contributed by atoms with van der Waals surface area (Å²) in [4.78, 5) is 0. The fourth-order valence-electron chi connectivity index (χ4n) is 1.84. The van der Waals surface area contributed by atoms with Gasteiger partial charge in [-0.05, 0) is 55.2 Å². The smallest absolute Gasteiger partial charge is 0.124 e. The molecule has 96 valence electrons. The molecule has 4 heteroatoms. The average Bonchev–Trinajstić information content (AvgIpc) is 2.24. The van der Waals surface area contributed by atoms with Crippen molar-refractivity contribution < 1.29 is 4.39 Å². The lowest BCUT2D eigenvalue weighted by atomic mass is 10.0. The van der Waals surface area contributed by atoms with Gasteiger partial charge in [0.25, 0.3) is 0 Å². The molecule has 1 N–H and O–H groups in total. The van der Waals surface area contributed by atoms with Crippen LogP contribution in [-0.4, -0.2) is 24.6 Å². The quantitative estimate of drug-likeness (QED) is 0.819. The molecule has 1 rings (SSSR count). The number of hydrogen-bond donors (Lipinski definition) is 1. The molecule has 1 nitrogen and oxygen atoms in total. The normalized spacial score (nSPS) is 12.7. The maximum atomic E-state index is 13.3. The van der Waals surface area contributed by atoms with Crippen molar-refractivity contribution in [1.82, 2.24) is 5.32 Å². The monoisotopic (exact) mass is 319 g/mol. The van der Waals surface area contributed by atoms with Crippen LogP contribution in [0.2, 0.25) is 0 Å². The molecule has 0 saturated heterocycles. The average molecular weight is 320 g/mol. The molecule has 1 atom stereocenters. The Morgan fingerprint density at radius 1 is 1.41 bits per heavy atom. The first kappa shape index (κ1) is 15.0. The largest absolute Gasteiger partial charge is 0.314 e. The van der Waals surface area contributed by atoms with Crippen molar-refractivity contribution in [3.05, 3.63) is 34.1 Å². The minimum absolute atomic E-state index is 0.172. The molecule has 1 aromatic rings. The lowest BCUT2D eigenvalue weighted by Gasteiger charge is -2.17. The number of thioether (sulfide) groups is 1. The number of hydrogen-bond acceptors (Lipinski definition) is 2. The number of benzene rings is 1. The topological polar surface area (TPSA) is 12.0 Å². The van der Waals surface area contributed by atoms with Gasteiger partial charge in [-0.1, -0.05) is 22.9 Å². The molecule has 0 aliphatic heterocycles. The van der Waals surface area contributed by atoms with E-state index in [9.17, 15) is 4.39 Å². The molecule has 0 saturated carbocycles. The summed E-state index contributed by atoms with van der Waals surface area (Å²) >= 11 is 5.18. The number of rotatable bonds is 7. The van der Waals surface area contributed by atoms with Crippen molar-refractivity contribution in [3.63, 3.8) is 0 Å². The van der Waals surface area contributed by atoms with Gasteiger partial charge in [0.05, 0.1) is 0 Å². The van der Waals surface area contributed by atoms with Gasteiger partial charge >= 0.3 is 0 Å². The Morgan fingerprint density at radius 2 is 2.18 bits per heavy atom. The van der Waals surface area contributed by atoms with Gasteiger partial charge in [0, 0.05) is 10.5 Å². The second-order valence-electron chi connectivity index (χ2n) is 4.02. The van der Waals surface area contributed by atoms with Crippen molar-refractivity contribution in [2.24, 2.45) is 0 Å². The van der Waals surface area contributed by atoms with Crippen LogP contribution in [0.3, 0.4) is 0 Å². The fourth-order valence-corrected chi connectivity index (χ4v) is 2.87. The maximum Gasteiger partial charge on any atom is 0.124 e. The molecule has 0 heterocycles. The SMILES string of the molecule is CCNC(CCSC)Cc1cc(F)cc(Br)c1. The van der Waals surface area contributed by atoms with Gasteiger partial charge in [0.15, 0.2) is 0 Å². The zero-order chi connectivity index (χ0) is 12.7. The third-order valence-corrected chi connectivity index (χ3v) is 3.67. The van der Waals surface area contributed by atoms with Gasteiger partial charge < -0.3 is 5.32 Å². The van der Waals surface area contributed by atoms with E-state index in [-0.39, 0.29) is 5.82 Å². The summed E-state index contributed by atoms with van der Waals surface area (Å²) in [6.07, 6.45) is 4.11. The minimum Gasteiger partial charge on any atom is -0.314 e. The lowest BCUT2D eigenvalue weighted by molar-refractivity contribution is 0.511. The van der Waals surface area contributed by atoms with E-state index in [1.165, 1.54) is 6.07 Å². The summed E-state index contributed by atoms with van der Waals surface area (Å²) < 4.78 is 14.1. The summed E-state index contributed by atoms with van der Waals surface area (Å²) in [6, 6.07) is 5.54. The number of nitrogens with one attached hydrogen (secondary N) is 1. The van der Waals surface area contributed by atoms with Crippen LogP contribution in [0.25, 0.3) is 0 Å². The van der Waals surface area contributed by atoms with E-state index in [1.807, 2.05) is 17.8 Å². The molecule has 17 heavy (non-hydrogen) atoms. The van der Waals surface area contributed by atoms with Crippen LogP contribution in [0.5, 0.6) is 0 Å². The molecule has 0 aliphatic rings. The van der Waals surface area contributed by atoms with Crippen LogP contribution in [0.15, 0.2) is 22.7 Å². The molecule has 0 aromatic heterocycles. The molecular weight excluding hydrogens is 301 g/mol. The minimum atomic E-state index is -0.172. The third kappa shape index (κ3) is 5.89. The number of halogens is 2. The van der Waals surface area contributed by atoms with Crippen molar-refractivity contribution in [3.8, 4) is 0 Å². The molecule has 0 spiro atoms. The van der Waals surface area contributed by atoms with E-state index >= 15 is 0 Å². The van der Waals surface area contributed by atoms with Crippen molar-refractivity contribution in [1.29, 1.82) is 0 Å². The zero-order valence-electron chi connectivity index (χ0n) is 10.3. The molecule has 0 bridgehead atoms.